The van der Waals surface area contributed by atoms with E-state index < -0.39 is 10.0 Å². The largest absolute Gasteiger partial charge is 0.385 e. The van der Waals surface area contributed by atoms with Crippen LogP contribution in [0, 0.1) is 5.92 Å². The van der Waals surface area contributed by atoms with E-state index in [1.54, 1.807) is 11.8 Å². The van der Waals surface area contributed by atoms with Gasteiger partial charge in [0.15, 0.2) is 0 Å². The number of sulfonamides is 1. The van der Waals surface area contributed by atoms with Crippen molar-refractivity contribution in [1.29, 1.82) is 0 Å². The van der Waals surface area contributed by atoms with Crippen LogP contribution in [0.5, 0.6) is 0 Å². The monoisotopic (exact) mass is 304 g/mol. The molecule has 0 aliphatic carbocycles. The summed E-state index contributed by atoms with van der Waals surface area (Å²) in [7, 11) is -2.05. The second-order valence-corrected chi connectivity index (χ2v) is 6.80. The van der Waals surface area contributed by atoms with Crippen LogP contribution in [0.3, 0.4) is 0 Å². The highest BCUT2D eigenvalue weighted by Gasteiger charge is 2.23. The standard InChI is InChI=1S/C12H24N4O3S/c1-9(2)10(3)16-12(13)11(8-14-16)20(17,18)15-6-5-7-19-4/h8-10,15H,5-7,13H2,1-4H3. The minimum absolute atomic E-state index is 0.0300. The molecule has 0 bridgehead atoms. The normalized spacial score (nSPS) is 13.8. The minimum atomic E-state index is -3.62. The number of methoxy groups -OCH3 is 1. The first-order valence-corrected chi connectivity index (χ1v) is 8.11. The van der Waals surface area contributed by atoms with Crippen LogP contribution in [0.4, 0.5) is 5.82 Å². The van der Waals surface area contributed by atoms with Gasteiger partial charge in [-0.15, -0.1) is 0 Å². The van der Waals surface area contributed by atoms with Crippen molar-refractivity contribution in [3.8, 4) is 0 Å². The maximum atomic E-state index is 12.1. The van der Waals surface area contributed by atoms with Crippen LogP contribution >= 0.6 is 0 Å². The average Bonchev–Trinajstić information content (AvgIpc) is 2.76. The number of ether oxygens (including phenoxy) is 1. The third-order valence-corrected chi connectivity index (χ3v) is 4.73. The summed E-state index contributed by atoms with van der Waals surface area (Å²) in [6.45, 7) is 6.82. The molecular weight excluding hydrogens is 280 g/mol. The summed E-state index contributed by atoms with van der Waals surface area (Å²) in [5.74, 6) is 0.479. The zero-order valence-corrected chi connectivity index (χ0v) is 13.3. The highest BCUT2D eigenvalue weighted by atomic mass is 32.2. The van der Waals surface area contributed by atoms with E-state index in [2.05, 4.69) is 9.82 Å². The molecule has 0 radical (unpaired) electrons. The van der Waals surface area contributed by atoms with Gasteiger partial charge >= 0.3 is 0 Å². The van der Waals surface area contributed by atoms with Crippen LogP contribution in [0.1, 0.15) is 33.2 Å². The Bertz CT molecular complexity index is 525. The van der Waals surface area contributed by atoms with E-state index in [0.717, 1.165) is 0 Å². The van der Waals surface area contributed by atoms with Crippen LogP contribution in [0.15, 0.2) is 11.1 Å². The molecule has 20 heavy (non-hydrogen) atoms. The van der Waals surface area contributed by atoms with Crippen molar-refractivity contribution < 1.29 is 13.2 Å². The van der Waals surface area contributed by atoms with Gasteiger partial charge in [0.05, 0.1) is 12.2 Å². The number of hydrogen-bond donors (Lipinski definition) is 2. The Morgan fingerprint density at radius 2 is 2.10 bits per heavy atom. The molecule has 3 N–H and O–H groups in total. The third-order valence-electron chi connectivity index (χ3n) is 3.26. The van der Waals surface area contributed by atoms with Crippen molar-refractivity contribution in [2.75, 3.05) is 26.0 Å². The van der Waals surface area contributed by atoms with Crippen molar-refractivity contribution in [2.45, 2.75) is 38.1 Å². The molecular formula is C12H24N4O3S. The number of hydrogen-bond acceptors (Lipinski definition) is 5. The maximum absolute atomic E-state index is 12.1. The lowest BCUT2D eigenvalue weighted by Crippen LogP contribution is -2.26. The highest BCUT2D eigenvalue weighted by Crippen LogP contribution is 2.24. The molecule has 0 saturated carbocycles. The van der Waals surface area contributed by atoms with Crippen molar-refractivity contribution in [1.82, 2.24) is 14.5 Å². The van der Waals surface area contributed by atoms with E-state index >= 15 is 0 Å². The van der Waals surface area contributed by atoms with E-state index in [1.807, 2.05) is 20.8 Å². The van der Waals surface area contributed by atoms with Gasteiger partial charge in [-0.1, -0.05) is 13.8 Å². The topological polar surface area (TPSA) is 99.2 Å². The molecule has 1 atom stereocenters. The fraction of sp³-hybridized carbons (Fsp3) is 0.750. The summed E-state index contributed by atoms with van der Waals surface area (Å²) in [5, 5.41) is 4.10. The predicted molar refractivity (Wildman–Crippen MR) is 77.9 cm³/mol. The van der Waals surface area contributed by atoms with Crippen molar-refractivity contribution in [3.05, 3.63) is 6.20 Å². The zero-order chi connectivity index (χ0) is 15.3. The summed E-state index contributed by atoms with van der Waals surface area (Å²) in [6, 6.07) is 0.0347. The Labute approximate surface area is 120 Å². The number of rotatable bonds is 8. The van der Waals surface area contributed by atoms with E-state index in [-0.39, 0.29) is 16.8 Å². The van der Waals surface area contributed by atoms with Gasteiger partial charge in [0.2, 0.25) is 10.0 Å². The first kappa shape index (κ1) is 16.9. The predicted octanol–water partition coefficient (Wildman–Crippen LogP) is 0.997. The molecule has 7 nitrogen and oxygen atoms in total. The van der Waals surface area contributed by atoms with Crippen molar-refractivity contribution >= 4 is 15.8 Å². The molecule has 8 heteroatoms. The molecule has 1 unspecified atom stereocenters. The van der Waals surface area contributed by atoms with Gasteiger partial charge in [0.1, 0.15) is 10.7 Å². The van der Waals surface area contributed by atoms with Gasteiger partial charge in [0.25, 0.3) is 0 Å². The molecule has 0 aliphatic heterocycles. The summed E-state index contributed by atoms with van der Waals surface area (Å²) in [6.07, 6.45) is 1.90. The van der Waals surface area contributed by atoms with Crippen LogP contribution in [-0.2, 0) is 14.8 Å². The SMILES string of the molecule is COCCCNS(=O)(=O)c1cnn(C(C)C(C)C)c1N. The van der Waals surface area contributed by atoms with Gasteiger partial charge in [-0.25, -0.2) is 17.8 Å². The first-order valence-electron chi connectivity index (χ1n) is 6.62. The number of aromatic nitrogens is 2. The number of nitrogens with one attached hydrogen (secondary N) is 1. The number of nitrogens with two attached hydrogens (primary N) is 1. The number of nitrogen functional groups attached to an aromatic ring is 1. The van der Waals surface area contributed by atoms with Crippen molar-refractivity contribution in [3.63, 3.8) is 0 Å². The Morgan fingerprint density at radius 3 is 2.65 bits per heavy atom. The van der Waals surface area contributed by atoms with Crippen LogP contribution in [0.25, 0.3) is 0 Å². The number of nitrogens with zero attached hydrogens (tertiary/aromatic N) is 2. The number of anilines is 1. The summed E-state index contributed by atoms with van der Waals surface area (Å²) < 4.78 is 33.2. The maximum Gasteiger partial charge on any atom is 0.245 e. The molecule has 0 fully saturated rings. The lowest BCUT2D eigenvalue weighted by Gasteiger charge is -2.17. The van der Waals surface area contributed by atoms with Crippen LogP contribution in [0.2, 0.25) is 0 Å². The van der Waals surface area contributed by atoms with E-state index in [0.29, 0.717) is 25.5 Å². The molecule has 1 aromatic heterocycles. The molecule has 1 aromatic rings. The second kappa shape index (κ2) is 7.05. The first-order chi connectivity index (χ1) is 9.31. The lowest BCUT2D eigenvalue weighted by atomic mass is 10.1. The van der Waals surface area contributed by atoms with Gasteiger partial charge < -0.3 is 10.5 Å². The van der Waals surface area contributed by atoms with E-state index in [4.69, 9.17) is 10.5 Å². The quantitative estimate of drug-likeness (QED) is 0.698. The van der Waals surface area contributed by atoms with E-state index in [1.165, 1.54) is 6.20 Å². The molecule has 0 amide bonds. The Balaban J connectivity index is 2.86. The Kier molecular flexibility index (Phi) is 5.97. The fourth-order valence-corrected chi connectivity index (χ4v) is 2.79. The Morgan fingerprint density at radius 1 is 1.45 bits per heavy atom. The molecule has 1 rings (SSSR count). The minimum Gasteiger partial charge on any atom is -0.385 e. The van der Waals surface area contributed by atoms with E-state index in [9.17, 15) is 8.42 Å². The molecule has 0 saturated heterocycles. The third kappa shape index (κ3) is 3.94. The van der Waals surface area contributed by atoms with Crippen LogP contribution < -0.4 is 10.5 Å². The smallest absolute Gasteiger partial charge is 0.245 e. The van der Waals surface area contributed by atoms with Crippen molar-refractivity contribution in [2.24, 2.45) is 5.92 Å². The summed E-state index contributed by atoms with van der Waals surface area (Å²) in [4.78, 5) is 0.0300. The lowest BCUT2D eigenvalue weighted by molar-refractivity contribution is 0.196. The molecule has 116 valence electrons. The molecule has 1 heterocycles. The summed E-state index contributed by atoms with van der Waals surface area (Å²) >= 11 is 0. The van der Waals surface area contributed by atoms with Gasteiger partial charge in [-0.2, -0.15) is 5.10 Å². The Hall–Kier alpha value is -1.12. The summed E-state index contributed by atoms with van der Waals surface area (Å²) in [5.41, 5.74) is 5.92. The second-order valence-electron chi connectivity index (χ2n) is 5.07. The van der Waals surface area contributed by atoms with Gasteiger partial charge in [0, 0.05) is 20.3 Å². The highest BCUT2D eigenvalue weighted by molar-refractivity contribution is 7.89. The van der Waals surface area contributed by atoms with Gasteiger partial charge in [-0.05, 0) is 19.3 Å². The zero-order valence-electron chi connectivity index (χ0n) is 12.5. The molecule has 0 aromatic carbocycles. The average molecular weight is 304 g/mol. The molecule has 0 aliphatic rings. The fourth-order valence-electron chi connectivity index (χ4n) is 1.67. The van der Waals surface area contributed by atoms with Crippen LogP contribution in [-0.4, -0.2) is 38.5 Å². The molecule has 0 spiro atoms. The van der Waals surface area contributed by atoms with Gasteiger partial charge in [-0.3, -0.25) is 0 Å².